The minimum Gasteiger partial charge on any atom is -0.491 e. The summed E-state index contributed by atoms with van der Waals surface area (Å²) in [6.45, 7) is 1.46. The first-order valence-electron chi connectivity index (χ1n) is 7.11. The van der Waals surface area contributed by atoms with Gasteiger partial charge in [0.25, 0.3) is 5.91 Å². The number of hydrogen-bond acceptors (Lipinski definition) is 4. The van der Waals surface area contributed by atoms with E-state index in [-0.39, 0.29) is 5.91 Å². The van der Waals surface area contributed by atoms with Crippen LogP contribution in [0, 0.1) is 0 Å². The lowest BCUT2D eigenvalue weighted by molar-refractivity contribution is 0.0729. The Morgan fingerprint density at radius 2 is 2.18 bits per heavy atom. The number of benzene rings is 1. The Balaban J connectivity index is 1.68. The third-order valence-electron chi connectivity index (χ3n) is 3.80. The molecule has 6 heteroatoms. The van der Waals surface area contributed by atoms with Crippen molar-refractivity contribution in [3.63, 3.8) is 0 Å². The molecule has 0 saturated heterocycles. The van der Waals surface area contributed by atoms with Gasteiger partial charge < -0.3 is 9.64 Å². The van der Waals surface area contributed by atoms with Crippen molar-refractivity contribution in [1.82, 2.24) is 20.1 Å². The van der Waals surface area contributed by atoms with Gasteiger partial charge in [0.05, 0.1) is 18.6 Å². The number of aromatic amines is 1. The van der Waals surface area contributed by atoms with Gasteiger partial charge in [0.15, 0.2) is 5.69 Å². The lowest BCUT2D eigenvalue weighted by atomic mass is 10.2. The molecule has 1 aliphatic heterocycles. The molecule has 0 spiro atoms. The molecule has 110 valence electrons. The first-order valence-corrected chi connectivity index (χ1v) is 7.11. The van der Waals surface area contributed by atoms with Crippen molar-refractivity contribution in [1.29, 1.82) is 0 Å². The summed E-state index contributed by atoms with van der Waals surface area (Å²) in [5.74, 6) is 0.690. The van der Waals surface area contributed by atoms with Crippen LogP contribution in [0.2, 0.25) is 0 Å². The fourth-order valence-corrected chi connectivity index (χ4v) is 2.67. The first-order chi connectivity index (χ1) is 10.8. The molecule has 1 amide bonds. The molecule has 6 nitrogen and oxygen atoms in total. The third-order valence-corrected chi connectivity index (χ3v) is 3.80. The molecular weight excluding hydrogens is 280 g/mol. The highest BCUT2D eigenvalue weighted by Gasteiger charge is 2.24. The van der Waals surface area contributed by atoms with E-state index in [1.807, 2.05) is 30.3 Å². The van der Waals surface area contributed by atoms with Crippen LogP contribution in [0.4, 0.5) is 0 Å². The Morgan fingerprint density at radius 1 is 1.27 bits per heavy atom. The van der Waals surface area contributed by atoms with Gasteiger partial charge in [-0.1, -0.05) is 18.2 Å². The number of aromatic nitrogens is 3. The topological polar surface area (TPSA) is 71.1 Å². The van der Waals surface area contributed by atoms with Crippen molar-refractivity contribution in [3.8, 4) is 5.75 Å². The number of ether oxygens (including phenoxy) is 1. The molecule has 22 heavy (non-hydrogen) atoms. The highest BCUT2D eigenvalue weighted by molar-refractivity contribution is 6.04. The average Bonchev–Trinajstić information content (AvgIpc) is 2.86. The van der Waals surface area contributed by atoms with E-state index in [0.717, 1.165) is 22.2 Å². The molecule has 1 aromatic carbocycles. The van der Waals surface area contributed by atoms with Crippen LogP contribution in [0.1, 0.15) is 16.1 Å². The molecule has 1 N–H and O–H groups in total. The fraction of sp³-hybridized carbons (Fsp3) is 0.188. The Kier molecular flexibility index (Phi) is 3.00. The number of carbonyl (C=O) groups excluding carboxylic acids is 1. The van der Waals surface area contributed by atoms with Gasteiger partial charge in [0.1, 0.15) is 12.4 Å². The molecule has 4 rings (SSSR count). The van der Waals surface area contributed by atoms with E-state index in [1.54, 1.807) is 17.3 Å². The monoisotopic (exact) mass is 294 g/mol. The second-order valence-electron chi connectivity index (χ2n) is 5.18. The highest BCUT2D eigenvalue weighted by atomic mass is 16.5. The summed E-state index contributed by atoms with van der Waals surface area (Å²) in [6.07, 6.45) is 3.43. The Bertz CT molecular complexity index is 843. The second-order valence-corrected chi connectivity index (χ2v) is 5.18. The summed E-state index contributed by atoms with van der Waals surface area (Å²) in [5.41, 5.74) is 2.22. The second kappa shape index (κ2) is 5.14. The summed E-state index contributed by atoms with van der Waals surface area (Å²) in [5, 5.41) is 7.92. The molecule has 3 aromatic rings. The van der Waals surface area contributed by atoms with Gasteiger partial charge in [0.2, 0.25) is 0 Å². The molecule has 1 aliphatic rings. The molecule has 0 bridgehead atoms. The number of carbonyl (C=O) groups is 1. The smallest absolute Gasteiger partial charge is 0.275 e. The molecule has 0 aliphatic carbocycles. The summed E-state index contributed by atoms with van der Waals surface area (Å²) in [4.78, 5) is 18.7. The van der Waals surface area contributed by atoms with Crippen LogP contribution in [-0.2, 0) is 6.54 Å². The van der Waals surface area contributed by atoms with Crippen molar-refractivity contribution in [2.24, 2.45) is 0 Å². The standard InChI is InChI=1S/C16H14N4O2/c21-16(15-12-3-1-2-4-13(12)18-19-15)20-7-8-22-14-5-6-17-9-11(14)10-20/h1-6,9H,7-8,10H2,(H,18,19). The lowest BCUT2D eigenvalue weighted by Gasteiger charge is -2.18. The third kappa shape index (κ3) is 2.09. The number of nitrogens with zero attached hydrogens (tertiary/aromatic N) is 3. The van der Waals surface area contributed by atoms with E-state index in [2.05, 4.69) is 15.2 Å². The van der Waals surface area contributed by atoms with E-state index in [0.29, 0.717) is 25.4 Å². The summed E-state index contributed by atoms with van der Waals surface area (Å²) in [6, 6.07) is 9.45. The highest BCUT2D eigenvalue weighted by Crippen LogP contribution is 2.23. The number of rotatable bonds is 1. The molecule has 3 heterocycles. The predicted octanol–water partition coefficient (Wildman–Crippen LogP) is 1.99. The van der Waals surface area contributed by atoms with E-state index < -0.39 is 0 Å². The van der Waals surface area contributed by atoms with Crippen LogP contribution < -0.4 is 4.74 Å². The molecule has 0 unspecified atom stereocenters. The largest absolute Gasteiger partial charge is 0.491 e. The van der Waals surface area contributed by atoms with Gasteiger partial charge in [-0.15, -0.1) is 0 Å². The lowest BCUT2D eigenvalue weighted by Crippen LogP contribution is -2.32. The zero-order valence-electron chi connectivity index (χ0n) is 11.8. The Morgan fingerprint density at radius 3 is 3.14 bits per heavy atom. The number of amides is 1. The maximum atomic E-state index is 12.8. The number of pyridine rings is 1. The molecule has 0 fully saturated rings. The zero-order valence-corrected chi connectivity index (χ0v) is 11.8. The van der Waals surface area contributed by atoms with Gasteiger partial charge in [-0.25, -0.2) is 0 Å². The van der Waals surface area contributed by atoms with Crippen LogP contribution in [0.3, 0.4) is 0 Å². The number of H-pyrrole nitrogens is 1. The SMILES string of the molecule is O=C(c1n[nH]c2ccccc12)N1CCOc2ccncc2C1. The summed E-state index contributed by atoms with van der Waals surface area (Å²) >= 11 is 0. The van der Waals surface area contributed by atoms with Crippen LogP contribution in [-0.4, -0.2) is 39.1 Å². The minimum atomic E-state index is -0.0993. The van der Waals surface area contributed by atoms with E-state index >= 15 is 0 Å². The molecule has 0 radical (unpaired) electrons. The first kappa shape index (κ1) is 12.8. The van der Waals surface area contributed by atoms with Crippen LogP contribution in [0.5, 0.6) is 5.75 Å². The van der Waals surface area contributed by atoms with Crippen molar-refractivity contribution in [2.45, 2.75) is 6.54 Å². The van der Waals surface area contributed by atoms with Crippen molar-refractivity contribution < 1.29 is 9.53 Å². The van der Waals surface area contributed by atoms with Crippen LogP contribution >= 0.6 is 0 Å². The maximum absolute atomic E-state index is 12.8. The number of hydrogen-bond donors (Lipinski definition) is 1. The summed E-state index contributed by atoms with van der Waals surface area (Å²) < 4.78 is 5.67. The van der Waals surface area contributed by atoms with Crippen LogP contribution in [0.15, 0.2) is 42.7 Å². The van der Waals surface area contributed by atoms with E-state index in [4.69, 9.17) is 4.74 Å². The molecule has 0 atom stereocenters. The van der Waals surface area contributed by atoms with Gasteiger partial charge >= 0.3 is 0 Å². The number of para-hydroxylation sites is 1. The van der Waals surface area contributed by atoms with Crippen molar-refractivity contribution >= 4 is 16.8 Å². The molecule has 0 saturated carbocycles. The Labute approximate surface area is 126 Å². The minimum absolute atomic E-state index is 0.0993. The number of nitrogens with one attached hydrogen (secondary N) is 1. The number of fused-ring (bicyclic) bond motifs is 2. The quantitative estimate of drug-likeness (QED) is 0.745. The van der Waals surface area contributed by atoms with Crippen molar-refractivity contribution in [2.75, 3.05) is 13.2 Å². The average molecular weight is 294 g/mol. The predicted molar refractivity (Wildman–Crippen MR) is 80.6 cm³/mol. The van der Waals surface area contributed by atoms with E-state index in [1.165, 1.54) is 0 Å². The molecular formula is C16H14N4O2. The maximum Gasteiger partial charge on any atom is 0.275 e. The van der Waals surface area contributed by atoms with Crippen LogP contribution in [0.25, 0.3) is 10.9 Å². The molecule has 2 aromatic heterocycles. The fourth-order valence-electron chi connectivity index (χ4n) is 2.67. The zero-order chi connectivity index (χ0) is 14.9. The van der Waals surface area contributed by atoms with E-state index in [9.17, 15) is 4.79 Å². The van der Waals surface area contributed by atoms with Gasteiger partial charge in [-0.2, -0.15) is 5.10 Å². The van der Waals surface area contributed by atoms with Gasteiger partial charge in [-0.3, -0.25) is 14.9 Å². The Hall–Kier alpha value is -2.89. The van der Waals surface area contributed by atoms with Crippen molar-refractivity contribution in [3.05, 3.63) is 54.0 Å². The summed E-state index contributed by atoms with van der Waals surface area (Å²) in [7, 11) is 0. The normalized spacial score (nSPS) is 14.3. The van der Waals surface area contributed by atoms with Gasteiger partial charge in [-0.05, 0) is 12.1 Å². The van der Waals surface area contributed by atoms with Gasteiger partial charge in [0, 0.05) is 23.3 Å².